The number of hydrogen-bond donors (Lipinski definition) is 2. The predicted octanol–water partition coefficient (Wildman–Crippen LogP) is 3.03. The number of aromatic nitrogens is 2. The van der Waals surface area contributed by atoms with Crippen LogP contribution in [0.5, 0.6) is 0 Å². The second kappa shape index (κ2) is 7.01. The first-order valence-corrected chi connectivity index (χ1v) is 7.08. The minimum Gasteiger partial charge on any atom is -0.382 e. The van der Waals surface area contributed by atoms with Crippen molar-refractivity contribution in [3.05, 3.63) is 42.4 Å². The van der Waals surface area contributed by atoms with E-state index < -0.39 is 0 Å². The van der Waals surface area contributed by atoms with Crippen LogP contribution in [0.1, 0.15) is 32.0 Å². The smallest absolute Gasteiger partial charge is 0.131 e. The van der Waals surface area contributed by atoms with Crippen LogP contribution in [0.15, 0.2) is 36.5 Å². The van der Waals surface area contributed by atoms with E-state index in [2.05, 4.69) is 36.3 Å². The standard InChI is InChI=1S/C16H22N4/c1-12(2)16-19-11-14(18-10-6-9-17)15(20-16)13-7-4-3-5-8-13/h3-5,7-8,11-12,18H,6,9-10,17H2,1-2H3. The van der Waals surface area contributed by atoms with Crippen LogP contribution in [0.4, 0.5) is 5.69 Å². The summed E-state index contributed by atoms with van der Waals surface area (Å²) in [7, 11) is 0. The van der Waals surface area contributed by atoms with E-state index in [-0.39, 0.29) is 0 Å². The van der Waals surface area contributed by atoms with Crippen molar-refractivity contribution in [2.75, 3.05) is 18.4 Å². The van der Waals surface area contributed by atoms with Gasteiger partial charge in [-0.1, -0.05) is 44.2 Å². The molecule has 0 saturated carbocycles. The van der Waals surface area contributed by atoms with Gasteiger partial charge in [0, 0.05) is 18.0 Å². The topological polar surface area (TPSA) is 63.8 Å². The highest BCUT2D eigenvalue weighted by Crippen LogP contribution is 2.26. The fourth-order valence-corrected chi connectivity index (χ4v) is 1.94. The molecule has 0 aliphatic carbocycles. The van der Waals surface area contributed by atoms with Crippen molar-refractivity contribution in [3.8, 4) is 11.3 Å². The number of nitrogens with one attached hydrogen (secondary N) is 1. The van der Waals surface area contributed by atoms with Gasteiger partial charge in [0.15, 0.2) is 0 Å². The van der Waals surface area contributed by atoms with Crippen molar-refractivity contribution in [1.29, 1.82) is 0 Å². The molecule has 0 aliphatic heterocycles. The lowest BCUT2D eigenvalue weighted by Gasteiger charge is -2.13. The number of nitrogens with two attached hydrogens (primary N) is 1. The lowest BCUT2D eigenvalue weighted by molar-refractivity contribution is 0.775. The highest BCUT2D eigenvalue weighted by Gasteiger charge is 2.11. The molecule has 4 nitrogen and oxygen atoms in total. The number of rotatable bonds is 6. The van der Waals surface area contributed by atoms with Gasteiger partial charge in [-0.15, -0.1) is 0 Å². The van der Waals surface area contributed by atoms with E-state index in [4.69, 9.17) is 10.7 Å². The lowest BCUT2D eigenvalue weighted by atomic mass is 10.1. The Morgan fingerprint density at radius 1 is 1.20 bits per heavy atom. The molecular weight excluding hydrogens is 248 g/mol. The lowest BCUT2D eigenvalue weighted by Crippen LogP contribution is -2.11. The van der Waals surface area contributed by atoms with Crippen molar-refractivity contribution >= 4 is 5.69 Å². The molecule has 1 aromatic carbocycles. The summed E-state index contributed by atoms with van der Waals surface area (Å²) in [6.45, 7) is 5.72. The first-order chi connectivity index (χ1) is 9.72. The van der Waals surface area contributed by atoms with Crippen LogP contribution in [0, 0.1) is 0 Å². The Hall–Kier alpha value is -1.94. The van der Waals surface area contributed by atoms with Crippen molar-refractivity contribution in [2.45, 2.75) is 26.2 Å². The molecule has 0 atom stereocenters. The number of hydrogen-bond acceptors (Lipinski definition) is 4. The molecule has 1 aromatic heterocycles. The monoisotopic (exact) mass is 270 g/mol. The predicted molar refractivity (Wildman–Crippen MR) is 83.7 cm³/mol. The Kier molecular flexibility index (Phi) is 5.07. The van der Waals surface area contributed by atoms with Gasteiger partial charge in [-0.05, 0) is 13.0 Å². The van der Waals surface area contributed by atoms with E-state index in [0.717, 1.165) is 35.7 Å². The minimum absolute atomic E-state index is 0.315. The molecule has 0 unspecified atom stereocenters. The summed E-state index contributed by atoms with van der Waals surface area (Å²) in [5, 5.41) is 3.37. The summed E-state index contributed by atoms with van der Waals surface area (Å²) >= 11 is 0. The van der Waals surface area contributed by atoms with Crippen molar-refractivity contribution in [2.24, 2.45) is 5.73 Å². The van der Waals surface area contributed by atoms with E-state index >= 15 is 0 Å². The van der Waals surface area contributed by atoms with Crippen LogP contribution in [0.2, 0.25) is 0 Å². The maximum atomic E-state index is 5.53. The Bertz CT molecular complexity index is 537. The van der Waals surface area contributed by atoms with E-state index in [1.165, 1.54) is 0 Å². The van der Waals surface area contributed by atoms with Crippen molar-refractivity contribution < 1.29 is 0 Å². The SMILES string of the molecule is CC(C)c1ncc(NCCCN)c(-c2ccccc2)n1. The van der Waals surface area contributed by atoms with Gasteiger partial charge in [0.1, 0.15) is 5.82 Å². The quantitative estimate of drug-likeness (QED) is 0.792. The zero-order chi connectivity index (χ0) is 14.4. The molecule has 4 heteroatoms. The summed E-state index contributed by atoms with van der Waals surface area (Å²) in [5.74, 6) is 1.18. The molecule has 0 amide bonds. The first-order valence-electron chi connectivity index (χ1n) is 7.08. The molecule has 0 radical (unpaired) electrons. The fraction of sp³-hybridized carbons (Fsp3) is 0.375. The van der Waals surface area contributed by atoms with Gasteiger partial charge in [0.2, 0.25) is 0 Å². The van der Waals surface area contributed by atoms with Gasteiger partial charge in [-0.3, -0.25) is 0 Å². The summed E-state index contributed by atoms with van der Waals surface area (Å²) < 4.78 is 0. The van der Waals surface area contributed by atoms with Crippen LogP contribution in [0.3, 0.4) is 0 Å². The zero-order valence-corrected chi connectivity index (χ0v) is 12.1. The molecule has 0 aliphatic rings. The fourth-order valence-electron chi connectivity index (χ4n) is 1.94. The normalized spacial score (nSPS) is 10.8. The second-order valence-corrected chi connectivity index (χ2v) is 5.08. The first kappa shape index (κ1) is 14.5. The molecule has 20 heavy (non-hydrogen) atoms. The van der Waals surface area contributed by atoms with Gasteiger partial charge < -0.3 is 11.1 Å². The molecular formula is C16H22N4. The van der Waals surface area contributed by atoms with Crippen LogP contribution in [0.25, 0.3) is 11.3 Å². The third-order valence-corrected chi connectivity index (χ3v) is 3.07. The summed E-state index contributed by atoms with van der Waals surface area (Å²) in [4.78, 5) is 9.15. The molecule has 3 N–H and O–H groups in total. The Labute approximate surface area is 120 Å². The molecule has 0 bridgehead atoms. The van der Waals surface area contributed by atoms with E-state index in [1.54, 1.807) is 0 Å². The van der Waals surface area contributed by atoms with Crippen molar-refractivity contribution in [1.82, 2.24) is 9.97 Å². The van der Waals surface area contributed by atoms with Crippen LogP contribution < -0.4 is 11.1 Å². The van der Waals surface area contributed by atoms with E-state index in [1.807, 2.05) is 24.4 Å². The molecule has 0 saturated heterocycles. The third kappa shape index (κ3) is 3.54. The summed E-state index contributed by atoms with van der Waals surface area (Å²) in [6, 6.07) is 10.2. The van der Waals surface area contributed by atoms with Gasteiger partial charge >= 0.3 is 0 Å². The average molecular weight is 270 g/mol. The zero-order valence-electron chi connectivity index (χ0n) is 12.1. The molecule has 1 heterocycles. The molecule has 0 spiro atoms. The maximum absolute atomic E-state index is 5.53. The van der Waals surface area contributed by atoms with Crippen molar-refractivity contribution in [3.63, 3.8) is 0 Å². The van der Waals surface area contributed by atoms with Crippen LogP contribution in [-0.4, -0.2) is 23.1 Å². The molecule has 2 rings (SSSR count). The summed E-state index contributed by atoms with van der Waals surface area (Å²) in [6.07, 6.45) is 2.81. The van der Waals surface area contributed by atoms with Gasteiger partial charge in [-0.2, -0.15) is 0 Å². The minimum atomic E-state index is 0.315. The largest absolute Gasteiger partial charge is 0.382 e. The maximum Gasteiger partial charge on any atom is 0.131 e. The Morgan fingerprint density at radius 3 is 2.60 bits per heavy atom. The molecule has 106 valence electrons. The molecule has 2 aromatic rings. The van der Waals surface area contributed by atoms with Gasteiger partial charge in [-0.25, -0.2) is 9.97 Å². The third-order valence-electron chi connectivity index (χ3n) is 3.07. The second-order valence-electron chi connectivity index (χ2n) is 5.08. The average Bonchev–Trinajstić information content (AvgIpc) is 2.48. The highest BCUT2D eigenvalue weighted by atomic mass is 15.0. The van der Waals surface area contributed by atoms with E-state index in [9.17, 15) is 0 Å². The highest BCUT2D eigenvalue weighted by molar-refractivity contribution is 5.73. The van der Waals surface area contributed by atoms with Gasteiger partial charge in [0.25, 0.3) is 0 Å². The van der Waals surface area contributed by atoms with Gasteiger partial charge in [0.05, 0.1) is 17.6 Å². The Morgan fingerprint density at radius 2 is 1.95 bits per heavy atom. The van der Waals surface area contributed by atoms with Crippen LogP contribution >= 0.6 is 0 Å². The van der Waals surface area contributed by atoms with Crippen LogP contribution in [-0.2, 0) is 0 Å². The molecule has 0 fully saturated rings. The summed E-state index contributed by atoms with van der Waals surface area (Å²) in [5.41, 5.74) is 8.56. The Balaban J connectivity index is 2.35. The number of nitrogens with zero attached hydrogens (tertiary/aromatic N) is 2. The number of benzene rings is 1. The van der Waals surface area contributed by atoms with E-state index in [0.29, 0.717) is 12.5 Å². The number of anilines is 1.